The molecule has 0 unspecified atom stereocenters. The molecule has 17 heavy (non-hydrogen) atoms. The van der Waals surface area contributed by atoms with Crippen LogP contribution < -0.4 is 0 Å². The van der Waals surface area contributed by atoms with Gasteiger partial charge in [0.2, 0.25) is 0 Å². The van der Waals surface area contributed by atoms with Crippen molar-refractivity contribution >= 4 is 5.97 Å². The van der Waals surface area contributed by atoms with Gasteiger partial charge in [-0.1, -0.05) is 18.2 Å². The fourth-order valence-corrected chi connectivity index (χ4v) is 1.41. The van der Waals surface area contributed by atoms with Gasteiger partial charge in [0.15, 0.2) is 0 Å². The second-order valence-corrected chi connectivity index (χ2v) is 3.68. The molecule has 92 valence electrons. The van der Waals surface area contributed by atoms with Crippen molar-refractivity contribution in [3.8, 4) is 0 Å². The van der Waals surface area contributed by atoms with E-state index in [9.17, 15) is 13.6 Å². The molecular formula is C13H14F2O2. The van der Waals surface area contributed by atoms with E-state index in [0.29, 0.717) is 24.8 Å². The van der Waals surface area contributed by atoms with Crippen LogP contribution in [0.2, 0.25) is 0 Å². The summed E-state index contributed by atoms with van der Waals surface area (Å²) in [5, 5.41) is 8.39. The second-order valence-electron chi connectivity index (χ2n) is 3.68. The van der Waals surface area contributed by atoms with Crippen LogP contribution in [0.15, 0.2) is 30.4 Å². The lowest BCUT2D eigenvalue weighted by Crippen LogP contribution is -1.92. The molecule has 0 atom stereocenters. The zero-order chi connectivity index (χ0) is 12.7. The summed E-state index contributed by atoms with van der Waals surface area (Å²) in [6, 6.07) is 3.52. The van der Waals surface area contributed by atoms with Crippen LogP contribution in [-0.2, 0) is 11.2 Å². The molecule has 1 rings (SSSR count). The van der Waals surface area contributed by atoms with Gasteiger partial charge in [0.25, 0.3) is 0 Å². The van der Waals surface area contributed by atoms with Crippen molar-refractivity contribution in [2.75, 3.05) is 0 Å². The number of allylic oxidation sites excluding steroid dienone is 2. The zero-order valence-electron chi connectivity index (χ0n) is 9.33. The predicted molar refractivity (Wildman–Crippen MR) is 60.7 cm³/mol. The van der Waals surface area contributed by atoms with Crippen LogP contribution >= 0.6 is 0 Å². The van der Waals surface area contributed by atoms with Crippen molar-refractivity contribution in [3.63, 3.8) is 0 Å². The van der Waals surface area contributed by atoms with Crippen molar-refractivity contribution in [1.82, 2.24) is 0 Å². The zero-order valence-corrected chi connectivity index (χ0v) is 9.33. The number of carboxylic acid groups (broad SMARTS) is 1. The minimum absolute atomic E-state index is 0.0986. The summed E-state index contributed by atoms with van der Waals surface area (Å²) < 4.78 is 25.8. The molecule has 0 heterocycles. The first-order chi connectivity index (χ1) is 8.09. The van der Waals surface area contributed by atoms with Crippen molar-refractivity contribution in [2.45, 2.75) is 25.7 Å². The average Bonchev–Trinajstić information content (AvgIpc) is 2.25. The van der Waals surface area contributed by atoms with Crippen LogP contribution in [0, 0.1) is 11.6 Å². The van der Waals surface area contributed by atoms with Crippen molar-refractivity contribution in [1.29, 1.82) is 0 Å². The lowest BCUT2D eigenvalue weighted by Gasteiger charge is -2.00. The Kier molecular flexibility index (Phi) is 5.33. The quantitative estimate of drug-likeness (QED) is 0.774. The number of aryl methyl sites for hydroxylation is 1. The number of carboxylic acids is 1. The van der Waals surface area contributed by atoms with E-state index in [2.05, 4.69) is 0 Å². The van der Waals surface area contributed by atoms with E-state index < -0.39 is 17.6 Å². The summed E-state index contributed by atoms with van der Waals surface area (Å²) in [6.07, 6.45) is 5.24. The average molecular weight is 240 g/mol. The summed E-state index contributed by atoms with van der Waals surface area (Å²) in [4.78, 5) is 10.2. The van der Waals surface area contributed by atoms with Gasteiger partial charge in [-0.25, -0.2) is 8.78 Å². The minimum atomic E-state index is -0.834. The van der Waals surface area contributed by atoms with Crippen molar-refractivity contribution in [3.05, 3.63) is 47.5 Å². The summed E-state index contributed by atoms with van der Waals surface area (Å²) >= 11 is 0. The lowest BCUT2D eigenvalue weighted by molar-refractivity contribution is -0.136. The maximum absolute atomic E-state index is 13.2. The lowest BCUT2D eigenvalue weighted by atomic mass is 10.1. The molecule has 4 heteroatoms. The molecule has 1 aromatic rings. The number of carbonyl (C=O) groups is 1. The van der Waals surface area contributed by atoms with E-state index in [-0.39, 0.29) is 6.42 Å². The normalized spacial score (nSPS) is 10.9. The van der Waals surface area contributed by atoms with Gasteiger partial charge in [0.05, 0.1) is 0 Å². The highest BCUT2D eigenvalue weighted by molar-refractivity contribution is 5.66. The highest BCUT2D eigenvalue weighted by atomic mass is 19.1. The first kappa shape index (κ1) is 13.4. The Labute approximate surface area is 98.6 Å². The van der Waals surface area contributed by atoms with Crippen molar-refractivity contribution in [2.24, 2.45) is 0 Å². The molecule has 0 bridgehead atoms. The Bertz CT molecular complexity index is 414. The Hall–Kier alpha value is -1.71. The number of benzene rings is 1. The van der Waals surface area contributed by atoms with Crippen LogP contribution in [0.5, 0.6) is 0 Å². The number of hydrogen-bond acceptors (Lipinski definition) is 1. The first-order valence-corrected chi connectivity index (χ1v) is 5.40. The van der Waals surface area contributed by atoms with Gasteiger partial charge in [-0.05, 0) is 30.9 Å². The molecular weight excluding hydrogens is 226 g/mol. The van der Waals surface area contributed by atoms with Crippen LogP contribution in [-0.4, -0.2) is 11.1 Å². The molecule has 0 radical (unpaired) electrons. The maximum atomic E-state index is 13.2. The summed E-state index contributed by atoms with van der Waals surface area (Å²) in [5.74, 6) is -1.95. The number of hydrogen-bond donors (Lipinski definition) is 1. The highest BCUT2D eigenvalue weighted by Crippen LogP contribution is 2.11. The van der Waals surface area contributed by atoms with Gasteiger partial charge in [-0.3, -0.25) is 4.79 Å². The SMILES string of the molecule is O=C(O)CC/C=C/CCc1ccc(F)cc1F. The fourth-order valence-electron chi connectivity index (χ4n) is 1.41. The minimum Gasteiger partial charge on any atom is -0.481 e. The Balaban J connectivity index is 2.33. The molecule has 0 saturated carbocycles. The van der Waals surface area contributed by atoms with E-state index in [1.807, 2.05) is 6.08 Å². The van der Waals surface area contributed by atoms with Gasteiger partial charge >= 0.3 is 5.97 Å². The molecule has 2 nitrogen and oxygen atoms in total. The summed E-state index contributed by atoms with van der Waals surface area (Å²) in [7, 11) is 0. The standard InChI is InChI=1S/C13H14F2O2/c14-11-8-7-10(12(15)9-11)5-3-1-2-4-6-13(16)17/h1-2,7-9H,3-6H2,(H,16,17)/b2-1+. The van der Waals surface area contributed by atoms with Crippen LogP contribution in [0.3, 0.4) is 0 Å². The number of halogens is 2. The highest BCUT2D eigenvalue weighted by Gasteiger charge is 2.02. The topological polar surface area (TPSA) is 37.3 Å². The van der Waals surface area contributed by atoms with E-state index in [1.165, 1.54) is 12.1 Å². The van der Waals surface area contributed by atoms with Gasteiger partial charge in [-0.15, -0.1) is 0 Å². The van der Waals surface area contributed by atoms with Gasteiger partial charge < -0.3 is 5.11 Å². The van der Waals surface area contributed by atoms with Crippen LogP contribution in [0.25, 0.3) is 0 Å². The molecule has 0 aliphatic heterocycles. The molecule has 0 aliphatic carbocycles. The molecule has 1 aromatic carbocycles. The maximum Gasteiger partial charge on any atom is 0.303 e. The van der Waals surface area contributed by atoms with Gasteiger partial charge in [-0.2, -0.15) is 0 Å². The Morgan fingerprint density at radius 3 is 2.59 bits per heavy atom. The smallest absolute Gasteiger partial charge is 0.303 e. The van der Waals surface area contributed by atoms with Gasteiger partial charge in [0, 0.05) is 12.5 Å². The monoisotopic (exact) mass is 240 g/mol. The van der Waals surface area contributed by atoms with E-state index in [4.69, 9.17) is 5.11 Å². The van der Waals surface area contributed by atoms with Crippen LogP contribution in [0.4, 0.5) is 8.78 Å². The number of aliphatic carboxylic acids is 1. The summed E-state index contributed by atoms with van der Waals surface area (Å²) in [5.41, 5.74) is 0.467. The third kappa shape index (κ3) is 5.24. The van der Waals surface area contributed by atoms with Gasteiger partial charge in [0.1, 0.15) is 11.6 Å². The molecule has 0 amide bonds. The largest absolute Gasteiger partial charge is 0.481 e. The molecule has 0 saturated heterocycles. The fraction of sp³-hybridized carbons (Fsp3) is 0.308. The predicted octanol–water partition coefficient (Wildman–Crippen LogP) is 3.32. The molecule has 0 aromatic heterocycles. The molecule has 1 N–H and O–H groups in total. The van der Waals surface area contributed by atoms with E-state index >= 15 is 0 Å². The number of rotatable bonds is 6. The van der Waals surface area contributed by atoms with E-state index in [1.54, 1.807) is 6.08 Å². The molecule has 0 spiro atoms. The Morgan fingerprint density at radius 2 is 1.94 bits per heavy atom. The van der Waals surface area contributed by atoms with Crippen molar-refractivity contribution < 1.29 is 18.7 Å². The first-order valence-electron chi connectivity index (χ1n) is 5.40. The second kappa shape index (κ2) is 6.78. The van der Waals surface area contributed by atoms with E-state index in [0.717, 1.165) is 6.07 Å². The molecule has 0 aliphatic rings. The Morgan fingerprint density at radius 1 is 1.24 bits per heavy atom. The summed E-state index contributed by atoms with van der Waals surface area (Å²) in [6.45, 7) is 0. The molecule has 0 fully saturated rings. The van der Waals surface area contributed by atoms with Crippen LogP contribution in [0.1, 0.15) is 24.8 Å². The third-order valence-electron chi connectivity index (χ3n) is 2.29. The third-order valence-corrected chi connectivity index (χ3v) is 2.29.